The Bertz CT molecular complexity index is 247. The van der Waals surface area contributed by atoms with Crippen LogP contribution in [0.5, 0.6) is 0 Å². The van der Waals surface area contributed by atoms with Gasteiger partial charge in [-0.2, -0.15) is 0 Å². The minimum absolute atomic E-state index is 0.502. The molecule has 1 fully saturated rings. The normalized spacial score (nSPS) is 31.2. The van der Waals surface area contributed by atoms with Gasteiger partial charge in [-0.25, -0.2) is 0 Å². The molecule has 0 aromatic heterocycles. The number of hydrogen-bond donors (Lipinski definition) is 1. The van der Waals surface area contributed by atoms with E-state index in [1.54, 1.807) is 0 Å². The highest BCUT2D eigenvalue weighted by molar-refractivity contribution is 5.75. The average molecular weight is 210 g/mol. The molecule has 86 valence electrons. The van der Waals surface area contributed by atoms with Crippen LogP contribution in [0.15, 0.2) is 12.2 Å². The van der Waals surface area contributed by atoms with Gasteiger partial charge >= 0.3 is 5.97 Å². The molecular formula is C13H22O2. The Morgan fingerprint density at radius 3 is 2.33 bits per heavy atom. The van der Waals surface area contributed by atoms with Crippen molar-refractivity contribution in [1.82, 2.24) is 0 Å². The van der Waals surface area contributed by atoms with E-state index in [1.807, 2.05) is 6.92 Å². The fourth-order valence-corrected chi connectivity index (χ4v) is 2.68. The molecule has 2 heteroatoms. The number of carbonyl (C=O) groups is 1. The standard InChI is InChI=1S/C13H22O2/c1-4-11-5-7-13(8-6-11,12(14)15)9-10(2)3/h11H,2,4-9H2,1,3H3,(H,14,15). The van der Waals surface area contributed by atoms with E-state index in [9.17, 15) is 9.90 Å². The van der Waals surface area contributed by atoms with Crippen LogP contribution >= 0.6 is 0 Å². The number of rotatable bonds is 4. The average Bonchev–Trinajstić information content (AvgIpc) is 2.17. The summed E-state index contributed by atoms with van der Waals surface area (Å²) in [6.45, 7) is 7.97. The monoisotopic (exact) mass is 210 g/mol. The molecule has 0 atom stereocenters. The molecule has 0 aromatic carbocycles. The van der Waals surface area contributed by atoms with E-state index < -0.39 is 11.4 Å². The second-order valence-corrected chi connectivity index (χ2v) is 5.07. The van der Waals surface area contributed by atoms with E-state index in [1.165, 1.54) is 6.42 Å². The number of hydrogen-bond acceptors (Lipinski definition) is 1. The van der Waals surface area contributed by atoms with Crippen LogP contribution in [-0.4, -0.2) is 11.1 Å². The molecule has 1 saturated carbocycles. The summed E-state index contributed by atoms with van der Waals surface area (Å²) in [7, 11) is 0. The molecule has 0 unspecified atom stereocenters. The molecule has 1 N–H and O–H groups in total. The van der Waals surface area contributed by atoms with Gasteiger partial charge in [0.2, 0.25) is 0 Å². The third kappa shape index (κ3) is 2.83. The summed E-state index contributed by atoms with van der Waals surface area (Å²) >= 11 is 0. The summed E-state index contributed by atoms with van der Waals surface area (Å²) in [6.07, 6.45) is 5.62. The van der Waals surface area contributed by atoms with E-state index in [0.29, 0.717) is 6.42 Å². The summed E-state index contributed by atoms with van der Waals surface area (Å²) < 4.78 is 0. The molecule has 2 nitrogen and oxygen atoms in total. The summed E-state index contributed by atoms with van der Waals surface area (Å²) in [6, 6.07) is 0. The van der Waals surface area contributed by atoms with Crippen molar-refractivity contribution in [2.75, 3.05) is 0 Å². The minimum atomic E-state index is -0.625. The Morgan fingerprint density at radius 2 is 2.00 bits per heavy atom. The van der Waals surface area contributed by atoms with Crippen LogP contribution in [0, 0.1) is 11.3 Å². The first-order valence-corrected chi connectivity index (χ1v) is 5.88. The lowest BCUT2D eigenvalue weighted by molar-refractivity contribution is -0.151. The smallest absolute Gasteiger partial charge is 0.309 e. The first kappa shape index (κ1) is 12.3. The van der Waals surface area contributed by atoms with Crippen LogP contribution in [0.4, 0.5) is 0 Å². The van der Waals surface area contributed by atoms with E-state index in [0.717, 1.165) is 37.2 Å². The van der Waals surface area contributed by atoms with Gasteiger partial charge in [-0.15, -0.1) is 6.58 Å². The van der Waals surface area contributed by atoms with Crippen molar-refractivity contribution in [3.8, 4) is 0 Å². The van der Waals surface area contributed by atoms with Crippen molar-refractivity contribution in [3.05, 3.63) is 12.2 Å². The molecule has 0 bridgehead atoms. The summed E-state index contributed by atoms with van der Waals surface area (Å²) in [5.74, 6) is 0.114. The van der Waals surface area contributed by atoms with Gasteiger partial charge in [0.25, 0.3) is 0 Å². The van der Waals surface area contributed by atoms with Crippen LogP contribution in [0.25, 0.3) is 0 Å². The lowest BCUT2D eigenvalue weighted by atomic mass is 9.67. The number of aliphatic carboxylic acids is 1. The lowest BCUT2D eigenvalue weighted by Crippen LogP contribution is -2.35. The zero-order valence-electron chi connectivity index (χ0n) is 9.88. The highest BCUT2D eigenvalue weighted by Crippen LogP contribution is 2.44. The maximum absolute atomic E-state index is 11.4. The second-order valence-electron chi connectivity index (χ2n) is 5.07. The molecule has 0 heterocycles. The molecule has 0 saturated heterocycles. The van der Waals surface area contributed by atoms with Gasteiger partial charge in [0, 0.05) is 0 Å². The minimum Gasteiger partial charge on any atom is -0.481 e. The highest BCUT2D eigenvalue weighted by atomic mass is 16.4. The van der Waals surface area contributed by atoms with Crippen molar-refractivity contribution in [3.63, 3.8) is 0 Å². The molecule has 0 aliphatic heterocycles. The van der Waals surface area contributed by atoms with Crippen LogP contribution in [-0.2, 0) is 4.79 Å². The summed E-state index contributed by atoms with van der Waals surface area (Å²) in [5.41, 5.74) is 0.490. The van der Waals surface area contributed by atoms with Gasteiger partial charge in [0.05, 0.1) is 5.41 Å². The first-order valence-electron chi connectivity index (χ1n) is 5.88. The number of carboxylic acid groups (broad SMARTS) is 1. The lowest BCUT2D eigenvalue weighted by Gasteiger charge is -2.36. The quantitative estimate of drug-likeness (QED) is 0.719. The topological polar surface area (TPSA) is 37.3 Å². The summed E-state index contributed by atoms with van der Waals surface area (Å²) in [4.78, 5) is 11.4. The van der Waals surface area contributed by atoms with Crippen LogP contribution in [0.3, 0.4) is 0 Å². The molecular weight excluding hydrogens is 188 g/mol. The molecule has 15 heavy (non-hydrogen) atoms. The molecule has 0 aromatic rings. The second kappa shape index (κ2) is 4.82. The van der Waals surface area contributed by atoms with Crippen LogP contribution < -0.4 is 0 Å². The molecule has 0 radical (unpaired) electrons. The van der Waals surface area contributed by atoms with Crippen molar-refractivity contribution >= 4 is 5.97 Å². The SMILES string of the molecule is C=C(C)CC1(C(=O)O)CCC(CC)CC1. The van der Waals surface area contributed by atoms with Gasteiger partial charge in [0.1, 0.15) is 0 Å². The van der Waals surface area contributed by atoms with Gasteiger partial charge < -0.3 is 5.11 Å². The van der Waals surface area contributed by atoms with E-state index in [4.69, 9.17) is 0 Å². The highest BCUT2D eigenvalue weighted by Gasteiger charge is 2.41. The van der Waals surface area contributed by atoms with Gasteiger partial charge in [-0.1, -0.05) is 18.9 Å². The largest absolute Gasteiger partial charge is 0.481 e. The Morgan fingerprint density at radius 1 is 1.47 bits per heavy atom. The van der Waals surface area contributed by atoms with Crippen molar-refractivity contribution in [2.24, 2.45) is 11.3 Å². The first-order chi connectivity index (χ1) is 7.00. The van der Waals surface area contributed by atoms with Gasteiger partial charge in [-0.3, -0.25) is 4.79 Å². The fourth-order valence-electron chi connectivity index (χ4n) is 2.68. The van der Waals surface area contributed by atoms with Gasteiger partial charge in [-0.05, 0) is 44.9 Å². The number of carboxylic acids is 1. The fraction of sp³-hybridized carbons (Fsp3) is 0.769. The van der Waals surface area contributed by atoms with E-state index >= 15 is 0 Å². The maximum atomic E-state index is 11.4. The Kier molecular flexibility index (Phi) is 3.95. The van der Waals surface area contributed by atoms with Crippen LogP contribution in [0.2, 0.25) is 0 Å². The van der Waals surface area contributed by atoms with Crippen molar-refractivity contribution < 1.29 is 9.90 Å². The van der Waals surface area contributed by atoms with E-state index in [2.05, 4.69) is 13.5 Å². The Hall–Kier alpha value is -0.790. The van der Waals surface area contributed by atoms with Crippen LogP contribution in [0.1, 0.15) is 52.4 Å². The molecule has 0 spiro atoms. The summed E-state index contributed by atoms with van der Waals surface area (Å²) in [5, 5.41) is 9.36. The maximum Gasteiger partial charge on any atom is 0.309 e. The molecule has 1 aliphatic carbocycles. The zero-order chi connectivity index (χ0) is 11.5. The van der Waals surface area contributed by atoms with Gasteiger partial charge in [0.15, 0.2) is 0 Å². The number of allylic oxidation sites excluding steroid dienone is 1. The predicted molar refractivity (Wildman–Crippen MR) is 61.7 cm³/mol. The third-order valence-electron chi connectivity index (χ3n) is 3.73. The zero-order valence-corrected chi connectivity index (χ0v) is 9.88. The van der Waals surface area contributed by atoms with Crippen molar-refractivity contribution in [1.29, 1.82) is 0 Å². The molecule has 1 aliphatic rings. The van der Waals surface area contributed by atoms with E-state index in [-0.39, 0.29) is 0 Å². The Labute approximate surface area is 92.4 Å². The Balaban J connectivity index is 2.69. The molecule has 0 amide bonds. The van der Waals surface area contributed by atoms with Crippen molar-refractivity contribution in [2.45, 2.75) is 52.4 Å². The molecule has 1 rings (SSSR count). The predicted octanol–water partition coefficient (Wildman–Crippen LogP) is 3.62. The third-order valence-corrected chi connectivity index (χ3v) is 3.73.